The molecule has 2 aromatic heterocycles. The molecule has 9 aromatic rings. The molecule has 2 heterocycles. The summed E-state index contributed by atoms with van der Waals surface area (Å²) >= 11 is 0. The van der Waals surface area contributed by atoms with Gasteiger partial charge in [-0.15, -0.1) is 0 Å². The van der Waals surface area contributed by atoms with Crippen molar-refractivity contribution in [3.63, 3.8) is 0 Å². The molecule has 0 radical (unpaired) electrons. The summed E-state index contributed by atoms with van der Waals surface area (Å²) in [7, 11) is 0. The van der Waals surface area contributed by atoms with Crippen LogP contribution in [0.25, 0.3) is 88.9 Å². The molecule has 0 fully saturated rings. The molecule has 0 amide bonds. The first kappa shape index (κ1) is 27.0. The molecule has 0 atom stereocenters. The number of furan rings is 1. The van der Waals surface area contributed by atoms with Crippen molar-refractivity contribution >= 4 is 32.7 Å². The lowest BCUT2D eigenvalue weighted by Crippen LogP contribution is -1.96. The number of nitrogens with zero attached hydrogens (tertiary/aromatic N) is 2. The molecule has 9 rings (SSSR count). The average Bonchev–Trinajstić information content (AvgIpc) is 3.56. The molecule has 0 bridgehead atoms. The van der Waals surface area contributed by atoms with Gasteiger partial charge in [0.25, 0.3) is 0 Å². The lowest BCUT2D eigenvalue weighted by atomic mass is 9.93. The van der Waals surface area contributed by atoms with Crippen LogP contribution in [0.4, 0.5) is 0 Å². The summed E-state index contributed by atoms with van der Waals surface area (Å²) in [5.74, 6) is 0.628. The Morgan fingerprint density at radius 1 is 0.383 bits per heavy atom. The normalized spacial score (nSPS) is 11.4. The van der Waals surface area contributed by atoms with E-state index >= 15 is 0 Å². The summed E-state index contributed by atoms with van der Waals surface area (Å²) < 4.78 is 6.83. The molecule has 47 heavy (non-hydrogen) atoms. The van der Waals surface area contributed by atoms with Gasteiger partial charge in [-0.3, -0.25) is 0 Å². The molecule has 0 aliphatic rings. The zero-order chi connectivity index (χ0) is 31.2. The van der Waals surface area contributed by atoms with Crippen molar-refractivity contribution in [3.8, 4) is 56.2 Å². The van der Waals surface area contributed by atoms with Crippen LogP contribution in [0.1, 0.15) is 0 Å². The van der Waals surface area contributed by atoms with Gasteiger partial charge in [0, 0.05) is 21.9 Å². The fourth-order valence-electron chi connectivity index (χ4n) is 6.64. The predicted molar refractivity (Wildman–Crippen MR) is 194 cm³/mol. The Hall–Kier alpha value is -6.32. The van der Waals surface area contributed by atoms with Crippen molar-refractivity contribution in [1.82, 2.24) is 9.97 Å². The van der Waals surface area contributed by atoms with Gasteiger partial charge in [-0.2, -0.15) is 0 Å². The Kier molecular flexibility index (Phi) is 6.46. The number of aromatic nitrogens is 2. The first-order chi connectivity index (χ1) is 23.3. The first-order valence-electron chi connectivity index (χ1n) is 15.8. The summed E-state index contributed by atoms with van der Waals surface area (Å²) in [6, 6.07) is 59.0. The molecule has 0 N–H and O–H groups in total. The van der Waals surface area contributed by atoms with Crippen LogP contribution in [-0.4, -0.2) is 9.97 Å². The molecule has 3 nitrogen and oxygen atoms in total. The van der Waals surface area contributed by atoms with Gasteiger partial charge in [0.15, 0.2) is 5.82 Å². The molecule has 0 aliphatic carbocycles. The van der Waals surface area contributed by atoms with E-state index in [1.54, 1.807) is 0 Å². The van der Waals surface area contributed by atoms with Crippen molar-refractivity contribution in [2.24, 2.45) is 0 Å². The second kappa shape index (κ2) is 11.2. The van der Waals surface area contributed by atoms with Gasteiger partial charge >= 0.3 is 0 Å². The van der Waals surface area contributed by atoms with Crippen LogP contribution in [0.3, 0.4) is 0 Å². The van der Waals surface area contributed by atoms with E-state index in [9.17, 15) is 0 Å². The zero-order valence-corrected chi connectivity index (χ0v) is 25.5. The van der Waals surface area contributed by atoms with Crippen molar-refractivity contribution in [2.75, 3.05) is 0 Å². The molecular formula is C44H28N2O. The van der Waals surface area contributed by atoms with Crippen LogP contribution in [0.5, 0.6) is 0 Å². The van der Waals surface area contributed by atoms with E-state index in [-0.39, 0.29) is 0 Å². The lowest BCUT2D eigenvalue weighted by molar-refractivity contribution is 0.670. The molecule has 0 unspecified atom stereocenters. The van der Waals surface area contributed by atoms with Crippen LogP contribution >= 0.6 is 0 Å². The minimum absolute atomic E-state index is 0.628. The van der Waals surface area contributed by atoms with Crippen LogP contribution in [-0.2, 0) is 0 Å². The highest BCUT2D eigenvalue weighted by molar-refractivity contribution is 6.24. The lowest BCUT2D eigenvalue weighted by Gasteiger charge is -2.12. The maximum Gasteiger partial charge on any atom is 0.164 e. The second-order valence-electron chi connectivity index (χ2n) is 11.8. The fraction of sp³-hybridized carbons (Fsp3) is 0. The second-order valence-corrected chi connectivity index (χ2v) is 11.8. The Labute approximate surface area is 272 Å². The van der Waals surface area contributed by atoms with E-state index in [0.717, 1.165) is 66.5 Å². The topological polar surface area (TPSA) is 38.9 Å². The minimum Gasteiger partial charge on any atom is -0.455 e. The molecule has 0 saturated carbocycles. The molecule has 0 saturated heterocycles. The van der Waals surface area contributed by atoms with Crippen LogP contribution in [0.2, 0.25) is 0 Å². The number of hydrogen-bond donors (Lipinski definition) is 0. The van der Waals surface area contributed by atoms with Crippen molar-refractivity contribution in [1.29, 1.82) is 0 Å². The minimum atomic E-state index is 0.628. The molecule has 7 aromatic carbocycles. The molecule has 3 heteroatoms. The number of fused-ring (bicyclic) bond motifs is 5. The van der Waals surface area contributed by atoms with E-state index in [0.29, 0.717) is 5.82 Å². The fourth-order valence-corrected chi connectivity index (χ4v) is 6.64. The van der Waals surface area contributed by atoms with Gasteiger partial charge in [-0.05, 0) is 57.3 Å². The summed E-state index contributed by atoms with van der Waals surface area (Å²) in [6.45, 7) is 0. The van der Waals surface area contributed by atoms with Crippen LogP contribution in [0.15, 0.2) is 174 Å². The summed E-state index contributed by atoms with van der Waals surface area (Å²) in [4.78, 5) is 10.3. The maximum absolute atomic E-state index is 6.83. The summed E-state index contributed by atoms with van der Waals surface area (Å²) in [5, 5.41) is 4.49. The highest BCUT2D eigenvalue weighted by atomic mass is 16.3. The highest BCUT2D eigenvalue weighted by Gasteiger charge is 2.21. The van der Waals surface area contributed by atoms with E-state index < -0.39 is 0 Å². The van der Waals surface area contributed by atoms with E-state index in [1.807, 2.05) is 36.4 Å². The van der Waals surface area contributed by atoms with Crippen molar-refractivity contribution in [2.45, 2.75) is 0 Å². The largest absolute Gasteiger partial charge is 0.455 e. The highest BCUT2D eigenvalue weighted by Crippen LogP contribution is 2.44. The Morgan fingerprint density at radius 3 is 1.66 bits per heavy atom. The van der Waals surface area contributed by atoms with Gasteiger partial charge in [0.1, 0.15) is 11.2 Å². The Bertz CT molecular complexity index is 2500. The number of hydrogen-bond acceptors (Lipinski definition) is 3. The van der Waals surface area contributed by atoms with Gasteiger partial charge in [0.05, 0.1) is 17.0 Å². The molecular weight excluding hydrogens is 572 g/mol. The Morgan fingerprint density at radius 2 is 0.957 bits per heavy atom. The average molecular weight is 601 g/mol. The molecule has 220 valence electrons. The third-order valence-electron chi connectivity index (χ3n) is 8.90. The summed E-state index contributed by atoms with van der Waals surface area (Å²) in [6.07, 6.45) is 0. The zero-order valence-electron chi connectivity index (χ0n) is 25.5. The van der Waals surface area contributed by atoms with Gasteiger partial charge in [0.2, 0.25) is 0 Å². The van der Waals surface area contributed by atoms with E-state index in [4.69, 9.17) is 14.4 Å². The van der Waals surface area contributed by atoms with Gasteiger partial charge in [-0.1, -0.05) is 146 Å². The monoisotopic (exact) mass is 600 g/mol. The van der Waals surface area contributed by atoms with Gasteiger partial charge in [-0.25, -0.2) is 9.97 Å². The smallest absolute Gasteiger partial charge is 0.164 e. The third-order valence-corrected chi connectivity index (χ3v) is 8.90. The quantitative estimate of drug-likeness (QED) is 0.197. The van der Waals surface area contributed by atoms with Gasteiger partial charge < -0.3 is 4.42 Å². The first-order valence-corrected chi connectivity index (χ1v) is 15.8. The van der Waals surface area contributed by atoms with Crippen LogP contribution in [0, 0.1) is 0 Å². The standard InChI is InChI=1S/C44H28N2O/c1-4-13-29(14-5-1)33-20-12-21-34(27-33)36-24-25-37(43-42(36)41-35-22-11-10-15-30(35)23-26-40(41)47-43)44-45-38(31-16-6-2-7-17-31)28-39(46-44)32-18-8-3-9-19-32/h1-28H. The summed E-state index contributed by atoms with van der Waals surface area (Å²) in [5.41, 5.74) is 10.9. The van der Waals surface area contributed by atoms with E-state index in [1.165, 1.54) is 16.5 Å². The molecule has 0 aliphatic heterocycles. The number of benzene rings is 7. The van der Waals surface area contributed by atoms with E-state index in [2.05, 4.69) is 133 Å². The Balaban J connectivity index is 1.34. The maximum atomic E-state index is 6.83. The van der Waals surface area contributed by atoms with Crippen LogP contribution < -0.4 is 0 Å². The van der Waals surface area contributed by atoms with Crippen molar-refractivity contribution < 1.29 is 4.42 Å². The molecule has 0 spiro atoms. The number of rotatable bonds is 5. The van der Waals surface area contributed by atoms with Crippen molar-refractivity contribution in [3.05, 3.63) is 170 Å². The third kappa shape index (κ3) is 4.77. The predicted octanol–water partition coefficient (Wildman–Crippen LogP) is 11.9. The SMILES string of the molecule is c1ccc(-c2cccc(-c3ccc(-c4nc(-c5ccccc5)cc(-c5ccccc5)n4)c4oc5ccc6ccccc6c5c34)c2)cc1.